The largest absolute Gasteiger partial charge is 0.472 e. The summed E-state index contributed by atoms with van der Waals surface area (Å²) in [5.41, 5.74) is 0. The minimum absolute atomic E-state index is 0.0331. The van der Waals surface area contributed by atoms with Gasteiger partial charge in [0.15, 0.2) is 6.10 Å². The fourth-order valence-electron chi connectivity index (χ4n) is 8.06. The molecule has 2 aliphatic rings. The second kappa shape index (κ2) is 36.1. The van der Waals surface area contributed by atoms with Crippen molar-refractivity contribution in [2.45, 2.75) is 216 Å². The van der Waals surface area contributed by atoms with Crippen molar-refractivity contribution in [3.8, 4) is 0 Å². The third-order valence-corrected chi connectivity index (χ3v) is 13.2. The quantitative estimate of drug-likeness (QED) is 0.0208. The van der Waals surface area contributed by atoms with Gasteiger partial charge in [0.1, 0.15) is 36.8 Å². The molecule has 0 aromatic carbocycles. The van der Waals surface area contributed by atoms with Gasteiger partial charge in [0.2, 0.25) is 0 Å². The first-order valence-corrected chi connectivity index (χ1v) is 26.7. The van der Waals surface area contributed by atoms with Gasteiger partial charge in [-0.25, -0.2) is 4.57 Å². The lowest BCUT2D eigenvalue weighted by atomic mass is 9.83. The van der Waals surface area contributed by atoms with E-state index >= 15 is 0 Å². The molecule has 1 aliphatic heterocycles. The summed E-state index contributed by atoms with van der Waals surface area (Å²) in [4.78, 5) is 50.1. The molecule has 0 amide bonds. The van der Waals surface area contributed by atoms with E-state index in [1.807, 2.05) is 6.92 Å². The highest BCUT2D eigenvalue weighted by Crippen LogP contribution is 2.47. The van der Waals surface area contributed by atoms with Crippen molar-refractivity contribution in [3.05, 3.63) is 60.8 Å². The Morgan fingerprint density at radius 2 is 1.32 bits per heavy atom. The molecule has 8 N–H and O–H groups in total. The summed E-state index contributed by atoms with van der Waals surface area (Å²) in [7, 11) is -5.46. The minimum Gasteiger partial charge on any atom is -0.462 e. The maximum absolute atomic E-state index is 13.6. The summed E-state index contributed by atoms with van der Waals surface area (Å²) in [5.74, 6) is -4.92. The van der Waals surface area contributed by atoms with Crippen LogP contribution >= 0.6 is 7.82 Å². The van der Waals surface area contributed by atoms with Gasteiger partial charge in [0.25, 0.3) is 0 Å². The summed E-state index contributed by atoms with van der Waals surface area (Å²) in [5, 5.41) is 78.6. The van der Waals surface area contributed by atoms with Crippen LogP contribution in [-0.4, -0.2) is 127 Å². The molecule has 0 aromatic heterocycles. The molecule has 1 heterocycles. The fourth-order valence-corrected chi connectivity index (χ4v) is 9.03. The number of carbonyl (C=O) groups excluding carboxylic acids is 3. The number of fused-ring (bicyclic) bond motifs is 4. The van der Waals surface area contributed by atoms with E-state index in [1.165, 1.54) is 31.4 Å². The number of hydrogen-bond acceptors (Lipinski definition) is 15. The van der Waals surface area contributed by atoms with Crippen LogP contribution < -0.4 is 0 Å². The molecule has 16 nitrogen and oxygen atoms in total. The van der Waals surface area contributed by atoms with Crippen molar-refractivity contribution in [3.63, 3.8) is 0 Å². The van der Waals surface area contributed by atoms with Crippen molar-refractivity contribution in [2.24, 2.45) is 11.8 Å². The number of esters is 2. The lowest BCUT2D eigenvalue weighted by Gasteiger charge is -2.36. The molecule has 0 aromatic rings. The highest BCUT2D eigenvalue weighted by Gasteiger charge is 2.49. The normalized spacial score (nSPS) is 30.6. The number of hydrogen-bond donors (Lipinski definition) is 8. The van der Waals surface area contributed by atoms with Crippen molar-refractivity contribution < 1.29 is 78.1 Å². The second-order valence-electron chi connectivity index (χ2n) is 18.1. The zero-order valence-electron chi connectivity index (χ0n) is 40.6. The summed E-state index contributed by atoms with van der Waals surface area (Å²) in [6.07, 6.45) is 16.2. The zero-order chi connectivity index (χ0) is 50.2. The van der Waals surface area contributed by atoms with Crippen LogP contribution in [0, 0.1) is 11.8 Å². The number of carbonyl (C=O) groups is 3. The molecule has 1 saturated carbocycles. The molecule has 17 heteroatoms. The fraction of sp³-hybridized carbons (Fsp3) is 0.745. The van der Waals surface area contributed by atoms with Crippen molar-refractivity contribution in [1.82, 2.24) is 0 Å². The van der Waals surface area contributed by atoms with E-state index in [4.69, 9.17) is 18.5 Å². The number of allylic oxidation sites excluding steroid dienone is 8. The highest BCUT2D eigenvalue weighted by molar-refractivity contribution is 7.47. The molecular formula is C51H85O16P. The Kier molecular flexibility index (Phi) is 32.5. The van der Waals surface area contributed by atoms with Gasteiger partial charge in [-0.1, -0.05) is 132 Å². The van der Waals surface area contributed by atoms with Crippen LogP contribution in [-0.2, 0) is 37.5 Å². The Hall–Kier alpha value is -2.86. The average molecular weight is 985 g/mol. The number of phosphoric acid groups is 1. The van der Waals surface area contributed by atoms with Gasteiger partial charge in [-0.15, -0.1) is 0 Å². The molecule has 0 spiro atoms. The molecule has 0 radical (unpaired) electrons. The first-order valence-electron chi connectivity index (χ1n) is 25.2. The van der Waals surface area contributed by atoms with Crippen LogP contribution in [0.15, 0.2) is 60.8 Å². The third kappa shape index (κ3) is 25.8. The number of Topliss-reactive ketones (excluding diaryl/α,β-unsaturated/α-hetero) is 1. The molecule has 390 valence electrons. The Balaban J connectivity index is 2.07. The SMILES string of the molecule is CCCCC/C=C\C/C=C\C/C=C\C/C=C\CCCCCC(=O)OC[C@@H]1COP(=O)(O)O[C@H]2[C@H](O)[C@@H](O)[C@H](O)[C@@H](CCCCCCC(=O)O1)C(=O)C[C@@H](O)[C@H](/C=C/[C@@H](O)CCCCC)[C@@H](O)[C@H]2O. The third-order valence-electron chi connectivity index (χ3n) is 12.2. The highest BCUT2D eigenvalue weighted by atomic mass is 31.2. The van der Waals surface area contributed by atoms with E-state index in [1.54, 1.807) is 0 Å². The number of aliphatic hydroxyl groups excluding tert-OH is 7. The lowest BCUT2D eigenvalue weighted by Crippen LogP contribution is -2.55. The Morgan fingerprint density at radius 1 is 0.735 bits per heavy atom. The molecule has 2 fully saturated rings. The number of cyclic esters (lactones) is 1. The topological polar surface area (TPSA) is 267 Å². The standard InChI is InChI=1S/C51H85O16P/c1-3-5-7-8-9-10-11-12-13-14-15-16-17-18-19-20-21-22-27-31-44(55)64-36-39-37-65-68(62,63)67-51-49(60)47(58)41(34-33-38(52)29-25-6-4-2)43(54)35-42(53)40(46(57)48(59)50(51)61)30-26-23-24-28-32-45(56)66-39/h9-10,12-13,15-16,18-19,33-34,38-41,43,46-52,54,57-61H,3-8,11,14,17,20-32,35-37H2,1-2H3,(H,62,63)/b10-9-,13-12-,16-15-,19-18-,34-33+/t38-,39+,40-,41-,43+,46+,47+,48-,49+,50+,51+/m0/s1. The average Bonchev–Trinajstić information content (AvgIpc) is 3.31. The first kappa shape index (κ1) is 61.3. The van der Waals surface area contributed by atoms with Crippen LogP contribution in [0.25, 0.3) is 0 Å². The number of phosphoric ester groups is 1. The molecule has 12 atom stereocenters. The van der Waals surface area contributed by atoms with Gasteiger partial charge >= 0.3 is 19.8 Å². The maximum Gasteiger partial charge on any atom is 0.472 e. The monoisotopic (exact) mass is 985 g/mol. The summed E-state index contributed by atoms with van der Waals surface area (Å²) in [6.45, 7) is 2.78. The van der Waals surface area contributed by atoms with Gasteiger partial charge in [-0.05, 0) is 70.6 Å². The smallest absolute Gasteiger partial charge is 0.462 e. The molecule has 1 saturated heterocycles. The van der Waals surface area contributed by atoms with Gasteiger partial charge in [0, 0.05) is 31.1 Å². The lowest BCUT2D eigenvalue weighted by molar-refractivity contribution is -0.166. The predicted molar refractivity (Wildman–Crippen MR) is 259 cm³/mol. The van der Waals surface area contributed by atoms with Crippen LogP contribution in [0.1, 0.15) is 162 Å². The first-order chi connectivity index (χ1) is 32.6. The van der Waals surface area contributed by atoms with Crippen molar-refractivity contribution >= 4 is 25.5 Å². The number of unbranched alkanes of at least 4 members (excludes halogenated alkanes) is 8. The van der Waals surface area contributed by atoms with Crippen molar-refractivity contribution in [1.29, 1.82) is 0 Å². The van der Waals surface area contributed by atoms with E-state index < -0.39 is 112 Å². The summed E-state index contributed by atoms with van der Waals surface area (Å²) >= 11 is 0. The van der Waals surface area contributed by atoms with E-state index in [0.717, 1.165) is 57.8 Å². The van der Waals surface area contributed by atoms with Gasteiger partial charge in [-0.2, -0.15) is 0 Å². The van der Waals surface area contributed by atoms with Crippen LogP contribution in [0.2, 0.25) is 0 Å². The minimum atomic E-state index is -5.46. The maximum atomic E-state index is 13.6. The molecule has 2 bridgehead atoms. The molecule has 1 aliphatic carbocycles. The van der Waals surface area contributed by atoms with E-state index in [0.29, 0.717) is 44.9 Å². The molecule has 2 rings (SSSR count). The van der Waals surface area contributed by atoms with Crippen LogP contribution in [0.4, 0.5) is 0 Å². The second-order valence-corrected chi connectivity index (χ2v) is 19.5. The molecular weight excluding hydrogens is 900 g/mol. The predicted octanol–water partition coefficient (Wildman–Crippen LogP) is 7.09. The molecule has 1 unspecified atom stereocenters. The Morgan fingerprint density at radius 3 is 1.97 bits per heavy atom. The van der Waals surface area contributed by atoms with E-state index in [9.17, 15) is 59.6 Å². The molecule has 68 heavy (non-hydrogen) atoms. The van der Waals surface area contributed by atoms with Gasteiger partial charge in [0.05, 0.1) is 31.0 Å². The van der Waals surface area contributed by atoms with Gasteiger partial charge in [-0.3, -0.25) is 23.4 Å². The zero-order valence-corrected chi connectivity index (χ0v) is 41.5. The van der Waals surface area contributed by atoms with E-state index in [-0.39, 0.29) is 19.3 Å². The number of rotatable bonds is 24. The summed E-state index contributed by atoms with van der Waals surface area (Å²) in [6, 6.07) is 0. The van der Waals surface area contributed by atoms with Crippen LogP contribution in [0.5, 0.6) is 0 Å². The number of aliphatic hydroxyl groups is 7. The number of ketones is 1. The van der Waals surface area contributed by atoms with Crippen LogP contribution in [0.3, 0.4) is 0 Å². The number of ether oxygens (including phenoxy) is 2. The Bertz CT molecular complexity index is 1600. The Labute approximate surface area is 404 Å². The van der Waals surface area contributed by atoms with E-state index in [2.05, 4.69) is 55.5 Å². The summed E-state index contributed by atoms with van der Waals surface area (Å²) < 4.78 is 34.7. The van der Waals surface area contributed by atoms with Crippen molar-refractivity contribution in [2.75, 3.05) is 13.2 Å². The van der Waals surface area contributed by atoms with Gasteiger partial charge < -0.3 is 50.1 Å².